The van der Waals surface area contributed by atoms with Crippen molar-refractivity contribution in [2.24, 2.45) is 0 Å². The first kappa shape index (κ1) is 19.8. The molecule has 3 heterocycles. The molecule has 1 amide bonds. The van der Waals surface area contributed by atoms with Crippen LogP contribution < -0.4 is 10.6 Å². The molecule has 154 valence electrons. The number of nitrogen functional groups attached to an aromatic ring is 1. The third-order valence-corrected chi connectivity index (χ3v) is 5.71. The lowest BCUT2D eigenvalue weighted by atomic mass is 10.1. The zero-order chi connectivity index (χ0) is 20.5. The molecule has 0 saturated carbocycles. The normalized spacial score (nSPS) is 22.9. The van der Waals surface area contributed by atoms with Crippen LogP contribution >= 0.6 is 11.6 Å². The quantitative estimate of drug-likeness (QED) is 0.759. The second-order valence-electron chi connectivity index (χ2n) is 7.28. The molecule has 0 aliphatic carbocycles. The third-order valence-electron chi connectivity index (χ3n) is 5.46. The number of nitrogens with zero attached hydrogens (tertiary/aromatic N) is 5. The fourth-order valence-corrected chi connectivity index (χ4v) is 3.97. The zero-order valence-corrected chi connectivity index (χ0v) is 16.5. The van der Waals surface area contributed by atoms with Crippen molar-refractivity contribution < 1.29 is 14.3 Å². The minimum absolute atomic E-state index is 0.0231. The van der Waals surface area contributed by atoms with E-state index in [-0.39, 0.29) is 17.8 Å². The van der Waals surface area contributed by atoms with E-state index in [1.807, 2.05) is 4.90 Å². The molecule has 2 aliphatic rings. The molecule has 2 fully saturated rings. The Labute approximate surface area is 172 Å². The topological polar surface area (TPSA) is 98.8 Å². The molecule has 1 aromatic carbocycles. The predicted molar refractivity (Wildman–Crippen MR) is 107 cm³/mol. The fourth-order valence-electron chi connectivity index (χ4n) is 3.85. The van der Waals surface area contributed by atoms with Crippen molar-refractivity contribution >= 4 is 29.3 Å². The number of hydrogen-bond donors (Lipinski definition) is 2. The molecule has 8 nitrogen and oxygen atoms in total. The Kier molecular flexibility index (Phi) is 5.53. The smallest absolute Gasteiger partial charge is 0.253 e. The molecule has 10 heteroatoms. The van der Waals surface area contributed by atoms with Gasteiger partial charge >= 0.3 is 0 Å². The monoisotopic (exact) mass is 420 g/mol. The molecule has 0 radical (unpaired) electrons. The minimum Gasteiger partial charge on any atom is -0.390 e. The number of aliphatic hydroxyl groups excluding tert-OH is 1. The Morgan fingerprint density at radius 2 is 1.86 bits per heavy atom. The van der Waals surface area contributed by atoms with E-state index in [4.69, 9.17) is 17.3 Å². The van der Waals surface area contributed by atoms with Gasteiger partial charge in [0.2, 0.25) is 5.95 Å². The standard InChI is InChI=1S/C19H22ClFN6O2/c20-13-3-1-12(2-4-13)18(29)26-7-5-25(6-8-26)15-10-27(11-16(15)28)19-23-9-14(21)17(22)24-19/h1-4,9,15-16,28H,5-8,10-11H2,(H2,22,23,24)/t15-,16-/m1/s1. The second kappa shape index (κ2) is 8.10. The van der Waals surface area contributed by atoms with Crippen LogP contribution in [0, 0.1) is 5.82 Å². The number of amides is 1. The summed E-state index contributed by atoms with van der Waals surface area (Å²) in [5, 5.41) is 11.1. The summed E-state index contributed by atoms with van der Waals surface area (Å²) in [5.41, 5.74) is 6.14. The molecule has 1 aromatic heterocycles. The van der Waals surface area contributed by atoms with E-state index in [0.29, 0.717) is 55.8 Å². The van der Waals surface area contributed by atoms with Gasteiger partial charge in [-0.25, -0.2) is 9.37 Å². The summed E-state index contributed by atoms with van der Waals surface area (Å²) in [6.07, 6.45) is 0.446. The van der Waals surface area contributed by atoms with Crippen molar-refractivity contribution in [2.75, 3.05) is 49.9 Å². The maximum absolute atomic E-state index is 13.3. The maximum Gasteiger partial charge on any atom is 0.253 e. The Morgan fingerprint density at radius 3 is 2.52 bits per heavy atom. The molecule has 0 unspecified atom stereocenters. The molecule has 4 rings (SSSR count). The number of anilines is 2. The Bertz CT molecular complexity index is 891. The second-order valence-corrected chi connectivity index (χ2v) is 7.71. The van der Waals surface area contributed by atoms with Gasteiger partial charge in [0.05, 0.1) is 18.3 Å². The number of carbonyl (C=O) groups is 1. The summed E-state index contributed by atoms with van der Waals surface area (Å²) >= 11 is 5.89. The van der Waals surface area contributed by atoms with Crippen LogP contribution in [0.5, 0.6) is 0 Å². The molecule has 2 saturated heterocycles. The highest BCUT2D eigenvalue weighted by atomic mass is 35.5. The summed E-state index contributed by atoms with van der Waals surface area (Å²) in [7, 11) is 0. The molecular formula is C19H22ClFN6O2. The van der Waals surface area contributed by atoms with Crippen LogP contribution in [0.1, 0.15) is 10.4 Å². The average molecular weight is 421 g/mol. The maximum atomic E-state index is 13.3. The third kappa shape index (κ3) is 4.12. The number of piperazine rings is 1. The molecule has 29 heavy (non-hydrogen) atoms. The van der Waals surface area contributed by atoms with Crippen LogP contribution in [0.15, 0.2) is 30.5 Å². The first-order chi connectivity index (χ1) is 13.9. The van der Waals surface area contributed by atoms with E-state index >= 15 is 0 Å². The molecule has 2 aliphatic heterocycles. The summed E-state index contributed by atoms with van der Waals surface area (Å²) in [4.78, 5) is 26.4. The minimum atomic E-state index is -0.661. The van der Waals surface area contributed by atoms with Crippen molar-refractivity contribution in [3.63, 3.8) is 0 Å². The van der Waals surface area contributed by atoms with Gasteiger partial charge in [0.25, 0.3) is 5.91 Å². The first-order valence-corrected chi connectivity index (χ1v) is 9.80. The zero-order valence-electron chi connectivity index (χ0n) is 15.7. The van der Waals surface area contributed by atoms with Crippen LogP contribution in [-0.2, 0) is 0 Å². The highest BCUT2D eigenvalue weighted by Crippen LogP contribution is 2.23. The molecule has 2 aromatic rings. The highest BCUT2D eigenvalue weighted by Gasteiger charge is 2.38. The lowest BCUT2D eigenvalue weighted by molar-refractivity contribution is 0.0376. The van der Waals surface area contributed by atoms with Crippen LogP contribution in [0.3, 0.4) is 0 Å². The number of benzene rings is 1. The van der Waals surface area contributed by atoms with Gasteiger partial charge in [0.1, 0.15) is 0 Å². The Morgan fingerprint density at radius 1 is 1.17 bits per heavy atom. The molecule has 2 atom stereocenters. The van der Waals surface area contributed by atoms with Crippen molar-refractivity contribution in [1.82, 2.24) is 19.8 Å². The average Bonchev–Trinajstić information content (AvgIpc) is 3.12. The van der Waals surface area contributed by atoms with Gasteiger partial charge in [0.15, 0.2) is 11.6 Å². The SMILES string of the molecule is Nc1nc(N2C[C@@H](O)[C@H](N3CCN(C(=O)c4ccc(Cl)cc4)CC3)C2)ncc1F. The van der Waals surface area contributed by atoms with Crippen molar-refractivity contribution in [2.45, 2.75) is 12.1 Å². The van der Waals surface area contributed by atoms with Crippen LogP contribution in [-0.4, -0.2) is 82.2 Å². The van der Waals surface area contributed by atoms with Gasteiger partial charge in [-0.1, -0.05) is 11.6 Å². The van der Waals surface area contributed by atoms with Crippen molar-refractivity contribution in [3.8, 4) is 0 Å². The summed E-state index contributed by atoms with van der Waals surface area (Å²) in [5.74, 6) is -0.583. The van der Waals surface area contributed by atoms with Crippen molar-refractivity contribution in [1.29, 1.82) is 0 Å². The van der Waals surface area contributed by atoms with Gasteiger partial charge < -0.3 is 20.6 Å². The fraction of sp³-hybridized carbons (Fsp3) is 0.421. The van der Waals surface area contributed by atoms with Crippen LogP contribution in [0.25, 0.3) is 0 Å². The first-order valence-electron chi connectivity index (χ1n) is 9.42. The van der Waals surface area contributed by atoms with Gasteiger partial charge in [-0.15, -0.1) is 0 Å². The van der Waals surface area contributed by atoms with Crippen molar-refractivity contribution in [3.05, 3.63) is 46.9 Å². The largest absolute Gasteiger partial charge is 0.390 e. The number of carbonyl (C=O) groups excluding carboxylic acids is 1. The Balaban J connectivity index is 1.36. The van der Waals surface area contributed by atoms with E-state index in [0.717, 1.165) is 6.20 Å². The molecule has 3 N–H and O–H groups in total. The van der Waals surface area contributed by atoms with Crippen LogP contribution in [0.2, 0.25) is 5.02 Å². The van der Waals surface area contributed by atoms with E-state index < -0.39 is 11.9 Å². The van der Waals surface area contributed by atoms with Gasteiger partial charge in [-0.05, 0) is 24.3 Å². The molecule has 0 bridgehead atoms. The van der Waals surface area contributed by atoms with Gasteiger partial charge in [0, 0.05) is 49.9 Å². The summed E-state index contributed by atoms with van der Waals surface area (Å²) < 4.78 is 13.3. The number of β-amino-alcohol motifs (C(OH)–C–C–N with tert-alkyl or cyclic N) is 1. The summed E-state index contributed by atoms with van der Waals surface area (Å²) in [6.45, 7) is 3.31. The number of halogens is 2. The lowest BCUT2D eigenvalue weighted by Crippen LogP contribution is -2.54. The van der Waals surface area contributed by atoms with Crippen LogP contribution in [0.4, 0.5) is 16.2 Å². The van der Waals surface area contributed by atoms with Gasteiger partial charge in [-0.2, -0.15) is 4.98 Å². The summed E-state index contributed by atoms with van der Waals surface area (Å²) in [6, 6.07) is 6.75. The number of aromatic nitrogens is 2. The highest BCUT2D eigenvalue weighted by molar-refractivity contribution is 6.30. The van der Waals surface area contributed by atoms with Gasteiger partial charge in [-0.3, -0.25) is 9.69 Å². The van der Waals surface area contributed by atoms with E-state index in [2.05, 4.69) is 14.9 Å². The van der Waals surface area contributed by atoms with E-state index in [1.54, 1.807) is 29.2 Å². The Hall–Kier alpha value is -2.49. The number of rotatable bonds is 3. The number of nitrogens with two attached hydrogens (primary N) is 1. The van der Waals surface area contributed by atoms with E-state index in [9.17, 15) is 14.3 Å². The van der Waals surface area contributed by atoms with E-state index in [1.165, 1.54) is 0 Å². The number of hydrogen-bond acceptors (Lipinski definition) is 7. The molecule has 0 spiro atoms. The number of aliphatic hydroxyl groups is 1. The molecular weight excluding hydrogens is 399 g/mol. The lowest BCUT2D eigenvalue weighted by Gasteiger charge is -2.38. The predicted octanol–water partition coefficient (Wildman–Crippen LogP) is 0.859.